The molecule has 1 saturated heterocycles. The van der Waals surface area contributed by atoms with Crippen LogP contribution in [0.2, 0.25) is 0 Å². The fourth-order valence-corrected chi connectivity index (χ4v) is 3.27. The Kier molecular flexibility index (Phi) is 6.84. The minimum Gasteiger partial charge on any atom is -0.444 e. The van der Waals surface area contributed by atoms with Gasteiger partial charge in [0.15, 0.2) is 0 Å². The molecule has 0 spiro atoms. The maximum Gasteiger partial charge on any atom is 0.410 e. The number of hydrogen-bond acceptors (Lipinski definition) is 4. The maximum atomic E-state index is 12.1. The van der Waals surface area contributed by atoms with Gasteiger partial charge in [0.25, 0.3) is 0 Å². The lowest BCUT2D eigenvalue weighted by atomic mass is 9.94. The third-order valence-corrected chi connectivity index (χ3v) is 4.98. The van der Waals surface area contributed by atoms with Gasteiger partial charge < -0.3 is 15.0 Å². The Hall–Kier alpha value is -1.36. The van der Waals surface area contributed by atoms with Crippen LogP contribution in [-0.2, 0) is 4.74 Å². The number of anilines is 1. The standard InChI is InChI=1S/C19H30N2O2S/c1-19(2,3)23-18(22)21-13-10-15(11-14-21)9-12-20-16-5-7-17(24-4)8-6-16/h5-8,15,20H,9-14H2,1-4H3. The number of nitrogens with one attached hydrogen (secondary N) is 1. The van der Waals surface area contributed by atoms with Gasteiger partial charge >= 0.3 is 6.09 Å². The molecule has 1 heterocycles. The quantitative estimate of drug-likeness (QED) is 0.770. The summed E-state index contributed by atoms with van der Waals surface area (Å²) in [5.41, 5.74) is 0.767. The predicted molar refractivity (Wildman–Crippen MR) is 102 cm³/mol. The number of hydrogen-bond donors (Lipinski definition) is 1. The van der Waals surface area contributed by atoms with Crippen molar-refractivity contribution in [3.05, 3.63) is 24.3 Å². The van der Waals surface area contributed by atoms with E-state index in [2.05, 4.69) is 35.8 Å². The zero-order chi connectivity index (χ0) is 17.6. The Balaban J connectivity index is 1.66. The molecule has 5 heteroatoms. The Labute approximate surface area is 150 Å². The summed E-state index contributed by atoms with van der Waals surface area (Å²) < 4.78 is 5.44. The lowest BCUT2D eigenvalue weighted by Gasteiger charge is -2.33. The molecule has 2 rings (SSSR count). The lowest BCUT2D eigenvalue weighted by molar-refractivity contribution is 0.0182. The number of carbonyl (C=O) groups excluding carboxylic acids is 1. The molecule has 0 radical (unpaired) electrons. The van der Waals surface area contributed by atoms with Gasteiger partial charge in [-0.1, -0.05) is 0 Å². The lowest BCUT2D eigenvalue weighted by Crippen LogP contribution is -2.41. The van der Waals surface area contributed by atoms with E-state index in [0.29, 0.717) is 5.92 Å². The number of likely N-dealkylation sites (tertiary alicyclic amines) is 1. The first-order valence-electron chi connectivity index (χ1n) is 8.73. The Morgan fingerprint density at radius 2 is 1.88 bits per heavy atom. The van der Waals surface area contributed by atoms with Crippen LogP contribution in [0.1, 0.15) is 40.0 Å². The van der Waals surface area contributed by atoms with Crippen molar-refractivity contribution in [2.24, 2.45) is 5.92 Å². The first-order valence-corrected chi connectivity index (χ1v) is 9.96. The van der Waals surface area contributed by atoms with Crippen LogP contribution in [0.3, 0.4) is 0 Å². The van der Waals surface area contributed by atoms with E-state index in [-0.39, 0.29) is 6.09 Å². The van der Waals surface area contributed by atoms with E-state index in [0.717, 1.165) is 38.9 Å². The van der Waals surface area contributed by atoms with Crippen molar-refractivity contribution in [2.45, 2.75) is 50.5 Å². The molecule has 0 bridgehead atoms. The summed E-state index contributed by atoms with van der Waals surface area (Å²) in [5, 5.41) is 3.49. The first-order chi connectivity index (χ1) is 11.4. The van der Waals surface area contributed by atoms with Crippen molar-refractivity contribution in [3.63, 3.8) is 0 Å². The van der Waals surface area contributed by atoms with Crippen LogP contribution < -0.4 is 5.32 Å². The van der Waals surface area contributed by atoms with Crippen LogP contribution in [0.15, 0.2) is 29.2 Å². The van der Waals surface area contributed by atoms with E-state index >= 15 is 0 Å². The van der Waals surface area contributed by atoms with Crippen LogP contribution in [0.5, 0.6) is 0 Å². The first kappa shape index (κ1) is 19.0. The number of amides is 1. The van der Waals surface area contributed by atoms with Crippen LogP contribution in [0.25, 0.3) is 0 Å². The highest BCUT2D eigenvalue weighted by Crippen LogP contribution is 2.23. The number of piperidine rings is 1. The molecule has 0 atom stereocenters. The molecule has 1 aromatic carbocycles. The fraction of sp³-hybridized carbons (Fsp3) is 0.632. The third kappa shape index (κ3) is 6.27. The van der Waals surface area contributed by atoms with Gasteiger partial charge in [-0.05, 0) is 76.5 Å². The number of benzene rings is 1. The number of nitrogens with zero attached hydrogens (tertiary/aromatic N) is 1. The van der Waals surface area contributed by atoms with Crippen molar-refractivity contribution < 1.29 is 9.53 Å². The Morgan fingerprint density at radius 3 is 2.42 bits per heavy atom. The zero-order valence-electron chi connectivity index (χ0n) is 15.3. The number of rotatable bonds is 5. The molecule has 1 aromatic rings. The van der Waals surface area contributed by atoms with Crippen molar-refractivity contribution in [2.75, 3.05) is 31.2 Å². The summed E-state index contributed by atoms with van der Waals surface area (Å²) >= 11 is 1.76. The van der Waals surface area contributed by atoms with Gasteiger partial charge in [-0.25, -0.2) is 4.79 Å². The second kappa shape index (κ2) is 8.65. The summed E-state index contributed by atoms with van der Waals surface area (Å²) in [6.45, 7) is 8.33. The van der Waals surface area contributed by atoms with Gasteiger partial charge in [-0.3, -0.25) is 0 Å². The fourth-order valence-electron chi connectivity index (χ4n) is 2.86. The number of ether oxygens (including phenoxy) is 1. The Bertz CT molecular complexity index is 517. The highest BCUT2D eigenvalue weighted by atomic mass is 32.2. The van der Waals surface area contributed by atoms with Crippen molar-refractivity contribution in [3.8, 4) is 0 Å². The van der Waals surface area contributed by atoms with Gasteiger partial charge in [0.2, 0.25) is 0 Å². The number of thioether (sulfide) groups is 1. The highest BCUT2D eigenvalue weighted by Gasteiger charge is 2.26. The molecule has 1 aliphatic heterocycles. The van der Waals surface area contributed by atoms with E-state index in [9.17, 15) is 4.79 Å². The van der Waals surface area contributed by atoms with Gasteiger partial charge in [0.1, 0.15) is 5.60 Å². The Morgan fingerprint density at radius 1 is 1.25 bits per heavy atom. The van der Waals surface area contributed by atoms with Gasteiger partial charge in [0, 0.05) is 30.2 Å². The van der Waals surface area contributed by atoms with Crippen LogP contribution in [0, 0.1) is 5.92 Å². The molecule has 1 aliphatic rings. The van der Waals surface area contributed by atoms with E-state index < -0.39 is 5.60 Å². The molecule has 0 aliphatic carbocycles. The second-order valence-electron chi connectivity index (χ2n) is 7.35. The van der Waals surface area contributed by atoms with Gasteiger partial charge in [0.05, 0.1) is 0 Å². The summed E-state index contributed by atoms with van der Waals surface area (Å²) in [4.78, 5) is 15.2. The topological polar surface area (TPSA) is 41.6 Å². The summed E-state index contributed by atoms with van der Waals surface area (Å²) in [5.74, 6) is 0.682. The van der Waals surface area contributed by atoms with Gasteiger partial charge in [-0.15, -0.1) is 11.8 Å². The smallest absolute Gasteiger partial charge is 0.410 e. The van der Waals surface area contributed by atoms with Crippen LogP contribution >= 0.6 is 11.8 Å². The predicted octanol–water partition coefficient (Wildman–Crippen LogP) is 4.86. The zero-order valence-corrected chi connectivity index (χ0v) is 16.1. The van der Waals surface area contributed by atoms with E-state index in [1.807, 2.05) is 25.7 Å². The molecule has 0 saturated carbocycles. The van der Waals surface area contributed by atoms with Crippen LogP contribution in [0.4, 0.5) is 10.5 Å². The summed E-state index contributed by atoms with van der Waals surface area (Å²) in [6, 6.07) is 8.56. The van der Waals surface area contributed by atoms with Gasteiger partial charge in [-0.2, -0.15) is 0 Å². The highest BCUT2D eigenvalue weighted by molar-refractivity contribution is 7.98. The molecule has 24 heavy (non-hydrogen) atoms. The van der Waals surface area contributed by atoms with E-state index in [1.54, 1.807) is 11.8 Å². The SMILES string of the molecule is CSc1ccc(NCCC2CCN(C(=O)OC(C)(C)C)CC2)cc1. The normalized spacial score (nSPS) is 16.1. The summed E-state index contributed by atoms with van der Waals surface area (Å²) in [7, 11) is 0. The van der Waals surface area contributed by atoms with E-state index in [1.165, 1.54) is 10.6 Å². The van der Waals surface area contributed by atoms with Crippen molar-refractivity contribution in [1.29, 1.82) is 0 Å². The second-order valence-corrected chi connectivity index (χ2v) is 8.23. The molecule has 134 valence electrons. The molecule has 1 N–H and O–H groups in total. The van der Waals surface area contributed by atoms with Crippen molar-refractivity contribution in [1.82, 2.24) is 4.90 Å². The minimum atomic E-state index is -0.413. The molecule has 4 nitrogen and oxygen atoms in total. The average molecular weight is 351 g/mol. The van der Waals surface area contributed by atoms with Crippen molar-refractivity contribution >= 4 is 23.5 Å². The molecule has 0 aromatic heterocycles. The summed E-state index contributed by atoms with van der Waals surface area (Å²) in [6.07, 6.45) is 5.19. The molecular formula is C19H30N2O2S. The largest absolute Gasteiger partial charge is 0.444 e. The molecule has 0 unspecified atom stereocenters. The molecular weight excluding hydrogens is 320 g/mol. The van der Waals surface area contributed by atoms with Crippen LogP contribution in [-0.4, -0.2) is 42.5 Å². The molecule has 1 amide bonds. The third-order valence-electron chi connectivity index (χ3n) is 4.24. The molecule has 1 fully saturated rings. The minimum absolute atomic E-state index is 0.173. The average Bonchev–Trinajstić information content (AvgIpc) is 2.54. The number of carbonyl (C=O) groups is 1. The maximum absolute atomic E-state index is 12.1. The monoisotopic (exact) mass is 350 g/mol. The van der Waals surface area contributed by atoms with E-state index in [4.69, 9.17) is 4.74 Å².